The minimum absolute atomic E-state index is 0.0646. The maximum absolute atomic E-state index is 11.1. The Kier molecular flexibility index (Phi) is 3.88. The largest absolute Gasteiger partial charge is 0.490 e. The highest BCUT2D eigenvalue weighted by atomic mass is 35.5. The van der Waals surface area contributed by atoms with Crippen LogP contribution in [0.4, 0.5) is 0 Å². The first-order valence-corrected chi connectivity index (χ1v) is 6.45. The Morgan fingerprint density at radius 2 is 2.16 bits per heavy atom. The fourth-order valence-electron chi connectivity index (χ4n) is 1.81. The summed E-state index contributed by atoms with van der Waals surface area (Å²) >= 11 is 11.7. The third-order valence-corrected chi connectivity index (χ3v) is 3.67. The van der Waals surface area contributed by atoms with Crippen molar-refractivity contribution in [3.63, 3.8) is 0 Å². The van der Waals surface area contributed by atoms with Gasteiger partial charge in [0.1, 0.15) is 5.56 Å². The summed E-state index contributed by atoms with van der Waals surface area (Å²) in [6.45, 7) is 0.294. The van der Waals surface area contributed by atoms with Crippen LogP contribution in [0.5, 0.6) is 5.75 Å². The Balaban J connectivity index is 2.20. The molecule has 1 aliphatic rings. The summed E-state index contributed by atoms with van der Waals surface area (Å²) in [6.07, 6.45) is 2.23. The van der Waals surface area contributed by atoms with Crippen molar-refractivity contribution in [3.8, 4) is 11.8 Å². The van der Waals surface area contributed by atoms with Crippen LogP contribution < -0.4 is 4.74 Å². The van der Waals surface area contributed by atoms with Gasteiger partial charge in [0.25, 0.3) is 0 Å². The number of halogens is 2. The van der Waals surface area contributed by atoms with Crippen LogP contribution in [0.1, 0.15) is 29.6 Å². The molecular formula is C13H11Cl2NO3. The van der Waals surface area contributed by atoms with Gasteiger partial charge in [-0.15, -0.1) is 0 Å². The number of ether oxygens (including phenoxy) is 1. The summed E-state index contributed by atoms with van der Waals surface area (Å²) in [6, 6.07) is 4.86. The van der Waals surface area contributed by atoms with Crippen molar-refractivity contribution in [2.75, 3.05) is 6.61 Å². The Hall–Kier alpha value is -1.44. The Morgan fingerprint density at radius 3 is 2.68 bits per heavy atom. The average Bonchev–Trinajstić information content (AvgIpc) is 3.07. The van der Waals surface area contributed by atoms with E-state index >= 15 is 0 Å². The number of carboxylic acid groups (broad SMARTS) is 1. The smallest absolute Gasteiger partial charge is 0.339 e. The molecule has 0 unspecified atom stereocenters. The van der Waals surface area contributed by atoms with Crippen LogP contribution in [-0.2, 0) is 0 Å². The van der Waals surface area contributed by atoms with E-state index in [-0.39, 0.29) is 26.8 Å². The van der Waals surface area contributed by atoms with Gasteiger partial charge in [-0.05, 0) is 25.0 Å². The van der Waals surface area contributed by atoms with Crippen molar-refractivity contribution in [1.82, 2.24) is 0 Å². The number of benzene rings is 1. The third kappa shape index (κ3) is 3.12. The highest BCUT2D eigenvalue weighted by molar-refractivity contribution is 6.36. The van der Waals surface area contributed by atoms with Gasteiger partial charge < -0.3 is 9.84 Å². The maximum atomic E-state index is 11.1. The Bertz CT molecular complexity index is 562. The fraction of sp³-hybridized carbons (Fsp3) is 0.385. The molecule has 0 radical (unpaired) electrons. The summed E-state index contributed by atoms with van der Waals surface area (Å²) in [5, 5.41) is 18.3. The van der Waals surface area contributed by atoms with E-state index in [9.17, 15) is 4.79 Å². The molecular weight excluding hydrogens is 289 g/mol. The maximum Gasteiger partial charge on any atom is 0.339 e. The lowest BCUT2D eigenvalue weighted by Crippen LogP contribution is -2.14. The van der Waals surface area contributed by atoms with Crippen LogP contribution in [0.2, 0.25) is 10.0 Å². The number of carbonyl (C=O) groups is 1. The van der Waals surface area contributed by atoms with E-state index < -0.39 is 5.97 Å². The van der Waals surface area contributed by atoms with Crippen LogP contribution >= 0.6 is 23.2 Å². The molecule has 0 amide bonds. The van der Waals surface area contributed by atoms with Crippen molar-refractivity contribution >= 4 is 29.2 Å². The predicted molar refractivity (Wildman–Crippen MR) is 70.8 cm³/mol. The second-order valence-corrected chi connectivity index (χ2v) is 5.54. The molecule has 1 fully saturated rings. The monoisotopic (exact) mass is 299 g/mol. The molecule has 0 heterocycles. The summed E-state index contributed by atoms with van der Waals surface area (Å²) in [5.41, 5.74) is -0.210. The lowest BCUT2D eigenvalue weighted by molar-refractivity contribution is 0.0690. The number of nitrogens with zero attached hydrogens (tertiary/aromatic N) is 1. The molecule has 1 N–H and O–H groups in total. The molecule has 0 atom stereocenters. The fourth-order valence-corrected chi connectivity index (χ4v) is 2.36. The lowest BCUT2D eigenvalue weighted by Gasteiger charge is -2.15. The van der Waals surface area contributed by atoms with Gasteiger partial charge in [-0.3, -0.25) is 0 Å². The normalized spacial score (nSPS) is 15.6. The van der Waals surface area contributed by atoms with Gasteiger partial charge in [0.15, 0.2) is 5.75 Å². The number of aromatic carboxylic acids is 1. The second-order valence-electron chi connectivity index (χ2n) is 4.69. The summed E-state index contributed by atoms with van der Waals surface area (Å²) in [7, 11) is 0. The molecule has 0 bridgehead atoms. The molecule has 6 heteroatoms. The number of hydrogen-bond acceptors (Lipinski definition) is 3. The van der Waals surface area contributed by atoms with E-state index in [2.05, 4.69) is 6.07 Å². The zero-order valence-electron chi connectivity index (χ0n) is 9.95. The van der Waals surface area contributed by atoms with Gasteiger partial charge in [0.2, 0.25) is 0 Å². The van der Waals surface area contributed by atoms with Crippen LogP contribution in [0, 0.1) is 16.7 Å². The average molecular weight is 300 g/mol. The van der Waals surface area contributed by atoms with Crippen LogP contribution in [0.3, 0.4) is 0 Å². The molecule has 1 aromatic rings. The number of rotatable bonds is 5. The minimum Gasteiger partial charge on any atom is -0.490 e. The molecule has 2 rings (SSSR count). The Morgan fingerprint density at radius 1 is 1.47 bits per heavy atom. The van der Waals surface area contributed by atoms with E-state index in [1.807, 2.05) is 0 Å². The van der Waals surface area contributed by atoms with Crippen molar-refractivity contribution in [2.24, 2.45) is 5.41 Å². The van der Waals surface area contributed by atoms with Crippen molar-refractivity contribution in [2.45, 2.75) is 19.3 Å². The van der Waals surface area contributed by atoms with Crippen molar-refractivity contribution in [3.05, 3.63) is 27.7 Å². The predicted octanol–water partition coefficient (Wildman–Crippen LogP) is 3.76. The Labute approximate surface area is 120 Å². The quantitative estimate of drug-likeness (QED) is 0.898. The lowest BCUT2D eigenvalue weighted by atomic mass is 10.1. The van der Waals surface area contributed by atoms with Crippen LogP contribution in [0.15, 0.2) is 12.1 Å². The summed E-state index contributed by atoms with van der Waals surface area (Å²) < 4.78 is 5.54. The highest BCUT2D eigenvalue weighted by Crippen LogP contribution is 2.49. The third-order valence-electron chi connectivity index (χ3n) is 3.17. The number of carboxylic acids is 1. The van der Waals surface area contributed by atoms with Crippen molar-refractivity contribution < 1.29 is 14.6 Å². The number of nitriles is 1. The summed E-state index contributed by atoms with van der Waals surface area (Å²) in [4.78, 5) is 11.1. The van der Waals surface area contributed by atoms with Gasteiger partial charge in [-0.2, -0.15) is 5.26 Å². The summed E-state index contributed by atoms with van der Waals surface area (Å²) in [5.74, 6) is -1.03. The molecule has 1 aliphatic carbocycles. The van der Waals surface area contributed by atoms with E-state index in [1.165, 1.54) is 12.1 Å². The molecule has 0 saturated heterocycles. The van der Waals surface area contributed by atoms with Gasteiger partial charge >= 0.3 is 5.97 Å². The first-order chi connectivity index (χ1) is 8.97. The molecule has 1 aromatic carbocycles. The van der Waals surface area contributed by atoms with Gasteiger partial charge in [0, 0.05) is 16.9 Å². The van der Waals surface area contributed by atoms with Gasteiger partial charge in [0.05, 0.1) is 17.7 Å². The van der Waals surface area contributed by atoms with Crippen LogP contribution in [0.25, 0.3) is 0 Å². The molecule has 0 aromatic heterocycles. The molecule has 0 spiro atoms. The first kappa shape index (κ1) is 14.0. The standard InChI is InChI=1S/C13H11Cl2NO3/c14-8-5-9(12(17)18)11(10(15)6-8)19-7-13(1-2-13)3-4-16/h5-6H,1-3,7H2,(H,17,18). The molecule has 4 nitrogen and oxygen atoms in total. The molecule has 0 aliphatic heterocycles. The van der Waals surface area contributed by atoms with E-state index in [0.717, 1.165) is 12.8 Å². The first-order valence-electron chi connectivity index (χ1n) is 5.69. The van der Waals surface area contributed by atoms with Gasteiger partial charge in [-0.1, -0.05) is 23.2 Å². The minimum atomic E-state index is -1.15. The highest BCUT2D eigenvalue weighted by Gasteiger charge is 2.43. The molecule has 100 valence electrons. The number of hydrogen-bond donors (Lipinski definition) is 1. The van der Waals surface area contributed by atoms with Crippen LogP contribution in [-0.4, -0.2) is 17.7 Å². The topological polar surface area (TPSA) is 70.3 Å². The van der Waals surface area contributed by atoms with E-state index in [4.69, 9.17) is 38.3 Å². The zero-order valence-corrected chi connectivity index (χ0v) is 11.5. The zero-order chi connectivity index (χ0) is 14.0. The SMILES string of the molecule is N#CCC1(COc2c(Cl)cc(Cl)cc2C(=O)O)CC1. The van der Waals surface area contributed by atoms with E-state index in [0.29, 0.717) is 13.0 Å². The second kappa shape index (κ2) is 5.28. The van der Waals surface area contributed by atoms with E-state index in [1.54, 1.807) is 0 Å². The molecule has 19 heavy (non-hydrogen) atoms. The van der Waals surface area contributed by atoms with Gasteiger partial charge in [-0.25, -0.2) is 4.79 Å². The molecule has 1 saturated carbocycles. The van der Waals surface area contributed by atoms with Crippen molar-refractivity contribution in [1.29, 1.82) is 5.26 Å².